The van der Waals surface area contributed by atoms with Gasteiger partial charge in [0.1, 0.15) is 22.7 Å². The van der Waals surface area contributed by atoms with Gasteiger partial charge in [-0.25, -0.2) is 9.97 Å². The topological polar surface area (TPSA) is 63.8 Å². The van der Waals surface area contributed by atoms with Crippen LogP contribution >= 0.6 is 11.3 Å². The molecule has 3 heterocycles. The van der Waals surface area contributed by atoms with Gasteiger partial charge < -0.3 is 9.84 Å². The number of nitrogens with zero attached hydrogens (tertiary/aromatic N) is 3. The number of thiophene rings is 1. The Morgan fingerprint density at radius 2 is 1.93 bits per heavy atom. The lowest BCUT2D eigenvalue weighted by Gasteiger charge is -2.06. The summed E-state index contributed by atoms with van der Waals surface area (Å²) in [6.45, 7) is 2.33. The van der Waals surface area contributed by atoms with E-state index < -0.39 is 11.7 Å². The third-order valence-corrected chi connectivity index (χ3v) is 5.06. The Bertz CT molecular complexity index is 1090. The summed E-state index contributed by atoms with van der Waals surface area (Å²) in [6.07, 6.45) is -2.87. The maximum Gasteiger partial charge on any atom is 0.416 e. The average Bonchev–Trinajstić information content (AvgIpc) is 3.27. The predicted molar refractivity (Wildman–Crippen MR) is 96.4 cm³/mol. The minimum absolute atomic E-state index is 0.342. The average molecular weight is 390 g/mol. The first-order valence-corrected chi connectivity index (χ1v) is 8.85. The van der Waals surface area contributed by atoms with Gasteiger partial charge in [0.05, 0.1) is 17.5 Å². The van der Waals surface area contributed by atoms with Gasteiger partial charge in [-0.1, -0.05) is 17.3 Å². The maximum absolute atomic E-state index is 12.7. The number of aryl methyl sites for hydroxylation is 1. The third kappa shape index (κ3) is 3.50. The van der Waals surface area contributed by atoms with Gasteiger partial charge in [0.25, 0.3) is 0 Å². The largest absolute Gasteiger partial charge is 0.416 e. The van der Waals surface area contributed by atoms with E-state index in [1.165, 1.54) is 18.5 Å². The Labute approximate surface area is 155 Å². The van der Waals surface area contributed by atoms with Gasteiger partial charge in [-0.2, -0.15) is 13.2 Å². The van der Waals surface area contributed by atoms with E-state index >= 15 is 0 Å². The van der Waals surface area contributed by atoms with Crippen molar-refractivity contribution in [1.82, 2.24) is 15.1 Å². The lowest BCUT2D eigenvalue weighted by Crippen LogP contribution is -2.03. The van der Waals surface area contributed by atoms with Crippen LogP contribution in [0.1, 0.15) is 16.9 Å². The molecule has 1 aromatic carbocycles. The standard InChI is InChI=1S/C18H13F3N4OS/c1-10-8-27-17-15(10)16(23-9-24-17)22-7-13-6-14(25-26-13)11-2-4-12(5-3-11)18(19,20)21/h2-6,8-9H,7H2,1H3,(H,22,23,24). The van der Waals surface area contributed by atoms with Gasteiger partial charge in [-0.15, -0.1) is 11.3 Å². The van der Waals surface area contributed by atoms with Gasteiger partial charge in [-0.3, -0.25) is 0 Å². The molecule has 0 aliphatic carbocycles. The summed E-state index contributed by atoms with van der Waals surface area (Å²) in [7, 11) is 0. The number of hydrogen-bond acceptors (Lipinski definition) is 6. The summed E-state index contributed by atoms with van der Waals surface area (Å²) < 4.78 is 43.2. The van der Waals surface area contributed by atoms with Crippen molar-refractivity contribution in [2.75, 3.05) is 5.32 Å². The molecule has 0 bridgehead atoms. The second kappa shape index (κ2) is 6.66. The zero-order valence-corrected chi connectivity index (χ0v) is 14.9. The summed E-state index contributed by atoms with van der Waals surface area (Å²) in [6, 6.07) is 6.49. The van der Waals surface area contributed by atoms with Crippen molar-refractivity contribution in [1.29, 1.82) is 0 Å². The molecule has 0 spiro atoms. The number of rotatable bonds is 4. The van der Waals surface area contributed by atoms with Crippen molar-refractivity contribution < 1.29 is 17.7 Å². The Morgan fingerprint density at radius 1 is 1.15 bits per heavy atom. The molecule has 138 valence electrons. The van der Waals surface area contributed by atoms with E-state index in [0.717, 1.165) is 27.9 Å². The van der Waals surface area contributed by atoms with Gasteiger partial charge in [0, 0.05) is 11.6 Å². The molecule has 0 fully saturated rings. The molecule has 9 heteroatoms. The van der Waals surface area contributed by atoms with E-state index in [9.17, 15) is 13.2 Å². The van der Waals surface area contributed by atoms with Crippen molar-refractivity contribution >= 4 is 27.4 Å². The number of anilines is 1. The molecule has 0 unspecified atom stereocenters. The molecule has 3 aromatic heterocycles. The second-order valence-corrected chi connectivity index (χ2v) is 6.79. The predicted octanol–water partition coefficient (Wildman–Crippen LogP) is 5.29. The van der Waals surface area contributed by atoms with Gasteiger partial charge in [0.2, 0.25) is 0 Å². The molecule has 0 saturated carbocycles. The number of fused-ring (bicyclic) bond motifs is 1. The molecule has 0 aliphatic rings. The molecule has 0 aliphatic heterocycles. The quantitative estimate of drug-likeness (QED) is 0.513. The van der Waals surface area contributed by atoms with Crippen LogP contribution in [-0.4, -0.2) is 15.1 Å². The summed E-state index contributed by atoms with van der Waals surface area (Å²) >= 11 is 1.55. The number of benzene rings is 1. The summed E-state index contributed by atoms with van der Waals surface area (Å²) in [4.78, 5) is 9.40. The van der Waals surface area contributed by atoms with Gasteiger partial charge >= 0.3 is 6.18 Å². The van der Waals surface area contributed by atoms with Crippen molar-refractivity contribution in [3.63, 3.8) is 0 Å². The molecule has 4 aromatic rings. The van der Waals surface area contributed by atoms with Crippen molar-refractivity contribution in [2.24, 2.45) is 0 Å². The normalized spacial score (nSPS) is 11.9. The van der Waals surface area contributed by atoms with E-state index in [-0.39, 0.29) is 0 Å². The third-order valence-electron chi connectivity index (χ3n) is 4.05. The number of halogens is 3. The molecule has 4 rings (SSSR count). The van der Waals surface area contributed by atoms with E-state index in [2.05, 4.69) is 20.4 Å². The van der Waals surface area contributed by atoms with Crippen LogP contribution in [-0.2, 0) is 12.7 Å². The first-order chi connectivity index (χ1) is 12.9. The van der Waals surface area contributed by atoms with E-state index in [1.54, 1.807) is 17.4 Å². The van der Waals surface area contributed by atoms with Gasteiger partial charge in [0.15, 0.2) is 5.76 Å². The second-order valence-electron chi connectivity index (χ2n) is 5.93. The molecular weight excluding hydrogens is 377 g/mol. The van der Waals surface area contributed by atoms with Crippen LogP contribution in [0.5, 0.6) is 0 Å². The molecule has 27 heavy (non-hydrogen) atoms. The SMILES string of the molecule is Cc1csc2ncnc(NCc3cc(-c4ccc(C(F)(F)F)cc4)no3)c12. The Balaban J connectivity index is 1.50. The van der Waals surface area contributed by atoms with Crippen molar-refractivity contribution in [3.05, 3.63) is 58.9 Å². The smallest absolute Gasteiger partial charge is 0.362 e. The highest BCUT2D eigenvalue weighted by Gasteiger charge is 2.30. The molecule has 0 saturated heterocycles. The monoisotopic (exact) mass is 390 g/mol. The lowest BCUT2D eigenvalue weighted by atomic mass is 10.1. The van der Waals surface area contributed by atoms with E-state index in [0.29, 0.717) is 29.4 Å². The number of hydrogen-bond donors (Lipinski definition) is 1. The van der Waals surface area contributed by atoms with E-state index in [1.807, 2.05) is 12.3 Å². The van der Waals surface area contributed by atoms with Crippen LogP contribution in [0.15, 0.2) is 46.6 Å². The Morgan fingerprint density at radius 3 is 2.67 bits per heavy atom. The maximum atomic E-state index is 12.7. The fourth-order valence-corrected chi connectivity index (χ4v) is 3.57. The molecule has 0 atom stereocenters. The van der Waals surface area contributed by atoms with Gasteiger partial charge in [-0.05, 0) is 30.0 Å². The summed E-state index contributed by atoms with van der Waals surface area (Å²) in [5, 5.41) is 10.1. The zero-order chi connectivity index (χ0) is 19.0. The lowest BCUT2D eigenvalue weighted by molar-refractivity contribution is -0.137. The zero-order valence-electron chi connectivity index (χ0n) is 14.0. The van der Waals surface area contributed by atoms with Crippen LogP contribution in [0.2, 0.25) is 0 Å². The molecular formula is C18H13F3N4OS. The van der Waals surface area contributed by atoms with Crippen molar-refractivity contribution in [3.8, 4) is 11.3 Å². The molecule has 0 amide bonds. The molecule has 5 nitrogen and oxygen atoms in total. The van der Waals surface area contributed by atoms with E-state index in [4.69, 9.17) is 4.52 Å². The van der Waals surface area contributed by atoms with Crippen molar-refractivity contribution in [2.45, 2.75) is 19.6 Å². The van der Waals surface area contributed by atoms with Crippen LogP contribution in [0.4, 0.5) is 19.0 Å². The summed E-state index contributed by atoms with van der Waals surface area (Å²) in [5.41, 5.74) is 1.41. The first-order valence-electron chi connectivity index (χ1n) is 7.98. The fraction of sp³-hybridized carbons (Fsp3) is 0.167. The summed E-state index contributed by atoms with van der Waals surface area (Å²) in [5.74, 6) is 1.25. The molecule has 1 N–H and O–H groups in total. The first kappa shape index (κ1) is 17.5. The minimum atomic E-state index is -4.36. The molecule has 0 radical (unpaired) electrons. The highest BCUT2D eigenvalue weighted by Crippen LogP contribution is 2.31. The highest BCUT2D eigenvalue weighted by atomic mass is 32.1. The van der Waals surface area contributed by atoms with Crippen LogP contribution in [0.25, 0.3) is 21.5 Å². The van der Waals surface area contributed by atoms with Crippen LogP contribution in [0.3, 0.4) is 0 Å². The number of nitrogens with one attached hydrogen (secondary N) is 1. The fourth-order valence-electron chi connectivity index (χ4n) is 2.68. The Hall–Kier alpha value is -2.94. The Kier molecular flexibility index (Phi) is 4.31. The highest BCUT2D eigenvalue weighted by molar-refractivity contribution is 7.17. The number of alkyl halides is 3. The number of aromatic nitrogens is 3. The van der Waals surface area contributed by atoms with Crippen LogP contribution in [0, 0.1) is 6.92 Å². The van der Waals surface area contributed by atoms with Crippen LogP contribution < -0.4 is 5.32 Å². The minimum Gasteiger partial charge on any atom is -0.362 e.